The second kappa shape index (κ2) is 7.45. The SMILES string of the molecule is CC(C)C(CO)NC(=O)c1ccccc1SC(F)F. The first-order valence-electron chi connectivity index (χ1n) is 5.91. The molecule has 1 aromatic rings. The molecule has 106 valence electrons. The van der Waals surface area contributed by atoms with E-state index in [4.69, 9.17) is 5.11 Å². The molecule has 0 saturated heterocycles. The zero-order valence-corrected chi connectivity index (χ0v) is 11.6. The molecule has 1 atom stereocenters. The molecule has 1 unspecified atom stereocenters. The van der Waals surface area contributed by atoms with Gasteiger partial charge in [-0.15, -0.1) is 0 Å². The Kier molecular flexibility index (Phi) is 6.24. The number of hydrogen-bond acceptors (Lipinski definition) is 3. The summed E-state index contributed by atoms with van der Waals surface area (Å²) in [6, 6.07) is 5.81. The van der Waals surface area contributed by atoms with Gasteiger partial charge in [-0.2, -0.15) is 8.78 Å². The maximum Gasteiger partial charge on any atom is 0.288 e. The number of rotatable bonds is 6. The van der Waals surface area contributed by atoms with E-state index in [1.807, 2.05) is 13.8 Å². The van der Waals surface area contributed by atoms with Gasteiger partial charge < -0.3 is 10.4 Å². The molecule has 0 heterocycles. The molecule has 3 nitrogen and oxygen atoms in total. The Labute approximate surface area is 115 Å². The average molecular weight is 289 g/mol. The van der Waals surface area contributed by atoms with Crippen LogP contribution in [0.2, 0.25) is 0 Å². The molecule has 0 aliphatic carbocycles. The number of alkyl halides is 2. The topological polar surface area (TPSA) is 49.3 Å². The fourth-order valence-electron chi connectivity index (χ4n) is 1.52. The Bertz CT molecular complexity index is 427. The van der Waals surface area contributed by atoms with E-state index in [1.54, 1.807) is 12.1 Å². The Morgan fingerprint density at radius 3 is 2.53 bits per heavy atom. The molecular weight excluding hydrogens is 272 g/mol. The summed E-state index contributed by atoms with van der Waals surface area (Å²) in [6.45, 7) is 3.54. The van der Waals surface area contributed by atoms with Gasteiger partial charge in [0.05, 0.1) is 18.2 Å². The van der Waals surface area contributed by atoms with Crippen LogP contribution < -0.4 is 5.32 Å². The fourth-order valence-corrected chi connectivity index (χ4v) is 2.16. The van der Waals surface area contributed by atoms with Gasteiger partial charge in [-0.3, -0.25) is 4.79 Å². The summed E-state index contributed by atoms with van der Waals surface area (Å²) < 4.78 is 24.8. The van der Waals surface area contributed by atoms with E-state index < -0.39 is 17.7 Å². The molecule has 6 heteroatoms. The van der Waals surface area contributed by atoms with E-state index in [9.17, 15) is 13.6 Å². The third kappa shape index (κ3) is 4.80. The smallest absolute Gasteiger partial charge is 0.288 e. The first-order chi connectivity index (χ1) is 8.95. The first-order valence-corrected chi connectivity index (χ1v) is 6.79. The number of halogens is 2. The van der Waals surface area contributed by atoms with E-state index in [1.165, 1.54) is 12.1 Å². The van der Waals surface area contributed by atoms with Crippen LogP contribution in [0.15, 0.2) is 29.2 Å². The van der Waals surface area contributed by atoms with E-state index in [-0.39, 0.29) is 23.0 Å². The van der Waals surface area contributed by atoms with Crippen LogP contribution in [0.3, 0.4) is 0 Å². The second-order valence-electron chi connectivity index (χ2n) is 4.38. The van der Waals surface area contributed by atoms with Crippen LogP contribution in [0.5, 0.6) is 0 Å². The summed E-state index contributed by atoms with van der Waals surface area (Å²) in [5, 5.41) is 11.8. The Hall–Kier alpha value is -1.14. The molecule has 0 fully saturated rings. The van der Waals surface area contributed by atoms with Crippen molar-refractivity contribution in [2.45, 2.75) is 30.5 Å². The van der Waals surface area contributed by atoms with Crippen LogP contribution in [-0.2, 0) is 0 Å². The molecule has 0 aliphatic heterocycles. The molecule has 0 aliphatic rings. The van der Waals surface area contributed by atoms with Gasteiger partial charge in [0.2, 0.25) is 0 Å². The number of amides is 1. The molecule has 1 aromatic carbocycles. The molecule has 1 amide bonds. The van der Waals surface area contributed by atoms with Crippen LogP contribution in [0.4, 0.5) is 8.78 Å². The minimum atomic E-state index is -2.58. The van der Waals surface area contributed by atoms with Gasteiger partial charge in [0.25, 0.3) is 11.7 Å². The number of aliphatic hydroxyl groups excluding tert-OH is 1. The van der Waals surface area contributed by atoms with Crippen molar-refractivity contribution in [3.63, 3.8) is 0 Å². The van der Waals surface area contributed by atoms with Crippen molar-refractivity contribution in [2.75, 3.05) is 6.61 Å². The van der Waals surface area contributed by atoms with Crippen molar-refractivity contribution in [1.29, 1.82) is 0 Å². The number of carbonyl (C=O) groups excluding carboxylic acids is 1. The lowest BCUT2D eigenvalue weighted by molar-refractivity contribution is 0.0894. The summed E-state index contributed by atoms with van der Waals surface area (Å²) in [5.41, 5.74) is 0.201. The van der Waals surface area contributed by atoms with Crippen LogP contribution in [0.25, 0.3) is 0 Å². The maximum atomic E-state index is 12.4. The number of aliphatic hydroxyl groups is 1. The van der Waals surface area contributed by atoms with Crippen molar-refractivity contribution in [1.82, 2.24) is 5.32 Å². The van der Waals surface area contributed by atoms with Crippen LogP contribution in [0, 0.1) is 5.92 Å². The molecular formula is C13H17F2NO2S. The van der Waals surface area contributed by atoms with E-state index in [2.05, 4.69) is 5.32 Å². The van der Waals surface area contributed by atoms with Gasteiger partial charge in [-0.1, -0.05) is 37.7 Å². The summed E-state index contributed by atoms with van der Waals surface area (Å²) in [7, 11) is 0. The van der Waals surface area contributed by atoms with Gasteiger partial charge in [0.1, 0.15) is 0 Å². The summed E-state index contributed by atoms with van der Waals surface area (Å²) in [4.78, 5) is 12.3. The molecule has 2 N–H and O–H groups in total. The molecule has 0 saturated carbocycles. The van der Waals surface area contributed by atoms with E-state index in [0.717, 1.165) is 0 Å². The van der Waals surface area contributed by atoms with Gasteiger partial charge >= 0.3 is 0 Å². The number of carbonyl (C=O) groups is 1. The lowest BCUT2D eigenvalue weighted by atomic mass is 10.0. The highest BCUT2D eigenvalue weighted by atomic mass is 32.2. The highest BCUT2D eigenvalue weighted by Gasteiger charge is 2.19. The lowest BCUT2D eigenvalue weighted by Gasteiger charge is -2.20. The fraction of sp³-hybridized carbons (Fsp3) is 0.462. The largest absolute Gasteiger partial charge is 0.394 e. The molecule has 0 spiro atoms. The van der Waals surface area contributed by atoms with Crippen molar-refractivity contribution in [3.8, 4) is 0 Å². The molecule has 0 bridgehead atoms. The lowest BCUT2D eigenvalue weighted by Crippen LogP contribution is -2.41. The Morgan fingerprint density at radius 2 is 2.00 bits per heavy atom. The standard InChI is InChI=1S/C13H17F2NO2S/c1-8(2)10(7-17)16-12(18)9-5-3-4-6-11(9)19-13(14)15/h3-6,8,10,13,17H,7H2,1-2H3,(H,16,18). The molecule has 19 heavy (non-hydrogen) atoms. The van der Waals surface area contributed by atoms with Crippen LogP contribution in [0.1, 0.15) is 24.2 Å². The van der Waals surface area contributed by atoms with Crippen LogP contribution in [-0.4, -0.2) is 29.4 Å². The monoisotopic (exact) mass is 289 g/mol. The number of thioether (sulfide) groups is 1. The summed E-state index contributed by atoms with van der Waals surface area (Å²) in [6.07, 6.45) is 0. The van der Waals surface area contributed by atoms with Gasteiger partial charge in [-0.25, -0.2) is 0 Å². The number of nitrogens with one attached hydrogen (secondary N) is 1. The van der Waals surface area contributed by atoms with Crippen molar-refractivity contribution in [3.05, 3.63) is 29.8 Å². The summed E-state index contributed by atoms with van der Waals surface area (Å²) in [5.74, 6) is -2.96. The maximum absolute atomic E-state index is 12.4. The van der Waals surface area contributed by atoms with Gasteiger partial charge in [0, 0.05) is 4.90 Å². The molecule has 0 radical (unpaired) electrons. The van der Waals surface area contributed by atoms with Crippen molar-refractivity contribution in [2.24, 2.45) is 5.92 Å². The van der Waals surface area contributed by atoms with Crippen LogP contribution >= 0.6 is 11.8 Å². The predicted molar refractivity (Wildman–Crippen MR) is 71.5 cm³/mol. The third-order valence-corrected chi connectivity index (χ3v) is 3.45. The van der Waals surface area contributed by atoms with E-state index in [0.29, 0.717) is 11.8 Å². The van der Waals surface area contributed by atoms with Gasteiger partial charge in [0.15, 0.2) is 0 Å². The third-order valence-electron chi connectivity index (χ3n) is 2.67. The highest BCUT2D eigenvalue weighted by Crippen LogP contribution is 2.28. The van der Waals surface area contributed by atoms with Gasteiger partial charge in [-0.05, 0) is 18.1 Å². The van der Waals surface area contributed by atoms with Crippen molar-refractivity contribution >= 4 is 17.7 Å². The highest BCUT2D eigenvalue weighted by molar-refractivity contribution is 7.99. The Balaban J connectivity index is 2.87. The molecule has 0 aromatic heterocycles. The average Bonchev–Trinajstić information content (AvgIpc) is 2.35. The quantitative estimate of drug-likeness (QED) is 0.792. The summed E-state index contributed by atoms with van der Waals surface area (Å²) >= 11 is 0.340. The van der Waals surface area contributed by atoms with E-state index >= 15 is 0 Å². The predicted octanol–water partition coefficient (Wildman–Crippen LogP) is 2.75. The molecule has 1 rings (SSSR count). The first kappa shape index (κ1) is 15.9. The zero-order chi connectivity index (χ0) is 14.4. The minimum absolute atomic E-state index is 0.0591. The Morgan fingerprint density at radius 1 is 1.37 bits per heavy atom. The van der Waals surface area contributed by atoms with Crippen molar-refractivity contribution < 1.29 is 18.7 Å². The minimum Gasteiger partial charge on any atom is -0.394 e. The number of benzene rings is 1. The second-order valence-corrected chi connectivity index (χ2v) is 5.41. The normalized spacial score (nSPS) is 12.8. The number of hydrogen-bond donors (Lipinski definition) is 2. The zero-order valence-electron chi connectivity index (χ0n) is 10.8.